The molecule has 2 rings (SSSR count). The zero-order valence-electron chi connectivity index (χ0n) is 12.1. The monoisotopic (exact) mass is 266 g/mol. The van der Waals surface area contributed by atoms with Crippen molar-refractivity contribution in [2.24, 2.45) is 0 Å². The molecule has 6 heteroatoms. The first-order valence-electron chi connectivity index (χ1n) is 6.50. The van der Waals surface area contributed by atoms with Crippen LogP contribution in [0.25, 0.3) is 0 Å². The molecular weight excluding hydrogens is 244 g/mol. The Labute approximate surface area is 113 Å². The molecular formula is C13H22N4O2. The Morgan fingerprint density at radius 1 is 1.47 bits per heavy atom. The Morgan fingerprint density at radius 2 is 2.16 bits per heavy atom. The highest BCUT2D eigenvalue weighted by Gasteiger charge is 2.34. The van der Waals surface area contributed by atoms with Gasteiger partial charge in [-0.05, 0) is 27.7 Å². The fraction of sp³-hybridized carbons (Fsp3) is 0.692. The maximum absolute atomic E-state index is 12.4. The standard InChI is InChI=1S/C13H22N4O2/c1-9-12(14)10(2)17(15-9)7-11(18)16-5-6-19-8-13(16,3)4/h5-8,14H2,1-4H3. The number of nitrogens with two attached hydrogens (primary N) is 1. The van der Waals surface area contributed by atoms with Gasteiger partial charge in [0.15, 0.2) is 0 Å². The number of ether oxygens (including phenoxy) is 1. The van der Waals surface area contributed by atoms with Crippen molar-refractivity contribution in [1.82, 2.24) is 14.7 Å². The van der Waals surface area contributed by atoms with Gasteiger partial charge in [-0.25, -0.2) is 0 Å². The lowest BCUT2D eigenvalue weighted by atomic mass is 10.0. The van der Waals surface area contributed by atoms with E-state index in [4.69, 9.17) is 10.5 Å². The Bertz CT molecular complexity index is 493. The summed E-state index contributed by atoms with van der Waals surface area (Å²) >= 11 is 0. The number of hydrogen-bond acceptors (Lipinski definition) is 4. The summed E-state index contributed by atoms with van der Waals surface area (Å²) in [5.41, 5.74) is 7.89. The molecule has 1 aliphatic heterocycles. The van der Waals surface area contributed by atoms with Gasteiger partial charge in [-0.2, -0.15) is 5.10 Å². The third-order valence-corrected chi connectivity index (χ3v) is 3.67. The molecule has 106 valence electrons. The molecule has 0 aliphatic carbocycles. The van der Waals surface area contributed by atoms with Crippen molar-refractivity contribution in [2.75, 3.05) is 25.5 Å². The van der Waals surface area contributed by atoms with Crippen LogP contribution < -0.4 is 5.73 Å². The summed E-state index contributed by atoms with van der Waals surface area (Å²) in [6.07, 6.45) is 0. The number of hydrogen-bond donors (Lipinski definition) is 1. The van der Waals surface area contributed by atoms with Gasteiger partial charge in [-0.1, -0.05) is 0 Å². The number of amides is 1. The van der Waals surface area contributed by atoms with Gasteiger partial charge in [-0.3, -0.25) is 9.48 Å². The summed E-state index contributed by atoms with van der Waals surface area (Å²) in [6, 6.07) is 0. The van der Waals surface area contributed by atoms with Crippen LogP contribution in [0, 0.1) is 13.8 Å². The summed E-state index contributed by atoms with van der Waals surface area (Å²) in [5, 5.41) is 4.31. The lowest BCUT2D eigenvalue weighted by Gasteiger charge is -2.42. The van der Waals surface area contributed by atoms with Gasteiger partial charge in [0.2, 0.25) is 5.91 Å². The second kappa shape index (κ2) is 4.85. The molecule has 6 nitrogen and oxygen atoms in total. The topological polar surface area (TPSA) is 73.4 Å². The summed E-state index contributed by atoms with van der Waals surface area (Å²) in [7, 11) is 0. The van der Waals surface area contributed by atoms with Crippen molar-refractivity contribution < 1.29 is 9.53 Å². The van der Waals surface area contributed by atoms with Crippen LogP contribution in [0.4, 0.5) is 5.69 Å². The van der Waals surface area contributed by atoms with Gasteiger partial charge in [0.1, 0.15) is 6.54 Å². The van der Waals surface area contributed by atoms with Gasteiger partial charge in [0.05, 0.1) is 35.8 Å². The van der Waals surface area contributed by atoms with Gasteiger partial charge < -0.3 is 15.4 Å². The molecule has 1 fully saturated rings. The van der Waals surface area contributed by atoms with Crippen LogP contribution in [-0.2, 0) is 16.1 Å². The molecule has 1 saturated heterocycles. The number of carbonyl (C=O) groups excluding carboxylic acids is 1. The average Bonchev–Trinajstić information content (AvgIpc) is 2.56. The lowest BCUT2D eigenvalue weighted by Crippen LogP contribution is -2.56. The van der Waals surface area contributed by atoms with Crippen molar-refractivity contribution in [3.8, 4) is 0 Å². The van der Waals surface area contributed by atoms with E-state index in [1.165, 1.54) is 0 Å². The number of nitrogens with zero attached hydrogens (tertiary/aromatic N) is 3. The molecule has 0 bridgehead atoms. The molecule has 0 spiro atoms. The van der Waals surface area contributed by atoms with E-state index in [0.29, 0.717) is 25.4 Å². The average molecular weight is 266 g/mol. The minimum absolute atomic E-state index is 0.0545. The normalized spacial score (nSPS) is 18.6. The van der Waals surface area contributed by atoms with E-state index in [2.05, 4.69) is 5.10 Å². The molecule has 1 aliphatic rings. The van der Waals surface area contributed by atoms with E-state index in [9.17, 15) is 4.79 Å². The smallest absolute Gasteiger partial charge is 0.244 e. The largest absolute Gasteiger partial charge is 0.396 e. The minimum Gasteiger partial charge on any atom is -0.396 e. The summed E-state index contributed by atoms with van der Waals surface area (Å²) in [4.78, 5) is 14.3. The molecule has 0 saturated carbocycles. The molecule has 0 unspecified atom stereocenters. The van der Waals surface area contributed by atoms with E-state index in [1.54, 1.807) is 4.68 Å². The van der Waals surface area contributed by atoms with Crippen molar-refractivity contribution in [3.05, 3.63) is 11.4 Å². The maximum atomic E-state index is 12.4. The Kier molecular flexibility index (Phi) is 3.54. The van der Waals surface area contributed by atoms with Gasteiger partial charge >= 0.3 is 0 Å². The van der Waals surface area contributed by atoms with Crippen molar-refractivity contribution >= 4 is 11.6 Å². The van der Waals surface area contributed by atoms with E-state index in [0.717, 1.165) is 11.4 Å². The van der Waals surface area contributed by atoms with Crippen molar-refractivity contribution in [1.29, 1.82) is 0 Å². The predicted octanol–water partition coefficient (Wildman–Crippen LogP) is 0.720. The predicted molar refractivity (Wildman–Crippen MR) is 72.7 cm³/mol. The fourth-order valence-electron chi connectivity index (χ4n) is 2.40. The molecule has 1 amide bonds. The SMILES string of the molecule is Cc1nn(CC(=O)N2CCOCC2(C)C)c(C)c1N. The zero-order chi connectivity index (χ0) is 14.2. The van der Waals surface area contributed by atoms with Gasteiger partial charge in [-0.15, -0.1) is 0 Å². The molecule has 0 aromatic carbocycles. The first kappa shape index (κ1) is 13.9. The Balaban J connectivity index is 2.14. The third-order valence-electron chi connectivity index (χ3n) is 3.67. The number of carbonyl (C=O) groups is 1. The Morgan fingerprint density at radius 3 is 2.68 bits per heavy atom. The summed E-state index contributed by atoms with van der Waals surface area (Å²) < 4.78 is 7.11. The lowest BCUT2D eigenvalue weighted by molar-refractivity contribution is -0.147. The highest BCUT2D eigenvalue weighted by atomic mass is 16.5. The van der Waals surface area contributed by atoms with Crippen molar-refractivity contribution in [2.45, 2.75) is 39.8 Å². The van der Waals surface area contributed by atoms with E-state index >= 15 is 0 Å². The highest BCUT2D eigenvalue weighted by Crippen LogP contribution is 2.20. The van der Waals surface area contributed by atoms with E-state index in [-0.39, 0.29) is 18.0 Å². The highest BCUT2D eigenvalue weighted by molar-refractivity contribution is 5.77. The summed E-state index contributed by atoms with van der Waals surface area (Å²) in [5.74, 6) is 0.0545. The first-order chi connectivity index (χ1) is 8.83. The maximum Gasteiger partial charge on any atom is 0.244 e. The van der Waals surface area contributed by atoms with Crippen LogP contribution in [0.5, 0.6) is 0 Å². The van der Waals surface area contributed by atoms with E-state index in [1.807, 2.05) is 32.6 Å². The molecule has 19 heavy (non-hydrogen) atoms. The van der Waals surface area contributed by atoms with Crippen LogP contribution in [0.1, 0.15) is 25.2 Å². The van der Waals surface area contributed by atoms with Crippen LogP contribution in [0.2, 0.25) is 0 Å². The number of rotatable bonds is 2. The minimum atomic E-state index is -0.267. The molecule has 0 radical (unpaired) electrons. The summed E-state index contributed by atoms with van der Waals surface area (Å²) in [6.45, 7) is 9.77. The third kappa shape index (κ3) is 2.58. The second-order valence-corrected chi connectivity index (χ2v) is 5.65. The number of aryl methyl sites for hydroxylation is 1. The van der Waals surface area contributed by atoms with Crippen LogP contribution in [0.3, 0.4) is 0 Å². The zero-order valence-corrected chi connectivity index (χ0v) is 12.1. The number of morpholine rings is 1. The molecule has 2 N–H and O–H groups in total. The quantitative estimate of drug-likeness (QED) is 0.856. The fourth-order valence-corrected chi connectivity index (χ4v) is 2.40. The Hall–Kier alpha value is -1.56. The number of aromatic nitrogens is 2. The van der Waals surface area contributed by atoms with Crippen LogP contribution >= 0.6 is 0 Å². The van der Waals surface area contributed by atoms with Crippen molar-refractivity contribution in [3.63, 3.8) is 0 Å². The van der Waals surface area contributed by atoms with E-state index < -0.39 is 0 Å². The second-order valence-electron chi connectivity index (χ2n) is 5.65. The number of nitrogen functional groups attached to an aromatic ring is 1. The molecule has 1 aromatic heterocycles. The molecule has 2 heterocycles. The van der Waals surface area contributed by atoms with Gasteiger partial charge in [0.25, 0.3) is 0 Å². The van der Waals surface area contributed by atoms with Crippen LogP contribution in [-0.4, -0.2) is 45.9 Å². The molecule has 1 aromatic rings. The first-order valence-corrected chi connectivity index (χ1v) is 6.50. The van der Waals surface area contributed by atoms with Gasteiger partial charge in [0, 0.05) is 6.54 Å². The molecule has 0 atom stereocenters. The van der Waals surface area contributed by atoms with Crippen LogP contribution in [0.15, 0.2) is 0 Å². The number of anilines is 1.